The number of nitrogens with one attached hydrogen (secondary N) is 2. The molecule has 6 nitrogen and oxygen atoms in total. The highest BCUT2D eigenvalue weighted by Gasteiger charge is 2.14. The van der Waals surface area contributed by atoms with Crippen LogP contribution in [-0.4, -0.2) is 32.1 Å². The summed E-state index contributed by atoms with van der Waals surface area (Å²) in [4.78, 5) is 27.4. The van der Waals surface area contributed by atoms with Crippen LogP contribution in [0.5, 0.6) is 0 Å². The smallest absolute Gasteiger partial charge is 0.287 e. The van der Waals surface area contributed by atoms with Gasteiger partial charge in [-0.2, -0.15) is 5.10 Å². The third-order valence-corrected chi connectivity index (χ3v) is 4.97. The molecule has 3 aromatic rings. The summed E-state index contributed by atoms with van der Waals surface area (Å²) >= 11 is 3.40. The third kappa shape index (κ3) is 6.65. The van der Waals surface area contributed by atoms with Crippen LogP contribution in [0.4, 0.5) is 5.69 Å². The lowest BCUT2D eigenvalue weighted by molar-refractivity contribution is -0.117. The minimum atomic E-state index is -0.530. The minimum Gasteiger partial charge on any atom is -0.378 e. The van der Waals surface area contributed by atoms with Crippen LogP contribution in [0.15, 0.2) is 94.1 Å². The summed E-state index contributed by atoms with van der Waals surface area (Å²) in [5.74, 6) is -0.912. The zero-order chi connectivity index (χ0) is 22.9. The van der Waals surface area contributed by atoms with Gasteiger partial charge in [0.1, 0.15) is 5.70 Å². The van der Waals surface area contributed by atoms with Gasteiger partial charge in [-0.1, -0.05) is 58.4 Å². The quantitative estimate of drug-likeness (QED) is 0.292. The molecule has 0 radical (unpaired) electrons. The molecule has 0 aromatic heterocycles. The van der Waals surface area contributed by atoms with Crippen LogP contribution in [0.2, 0.25) is 0 Å². The van der Waals surface area contributed by atoms with E-state index in [4.69, 9.17) is 0 Å². The van der Waals surface area contributed by atoms with Crippen LogP contribution in [0.1, 0.15) is 21.5 Å². The van der Waals surface area contributed by atoms with E-state index < -0.39 is 5.91 Å². The number of nitrogens with zero attached hydrogens (tertiary/aromatic N) is 2. The molecule has 0 spiro atoms. The second-order valence-corrected chi connectivity index (χ2v) is 8.03. The van der Waals surface area contributed by atoms with Crippen molar-refractivity contribution >= 4 is 45.7 Å². The molecule has 3 aromatic carbocycles. The number of hydrogen-bond acceptors (Lipinski definition) is 4. The zero-order valence-electron chi connectivity index (χ0n) is 17.7. The Balaban J connectivity index is 1.81. The number of amides is 2. The molecule has 3 rings (SSSR count). The summed E-state index contributed by atoms with van der Waals surface area (Å²) in [6.07, 6.45) is 3.15. The second kappa shape index (κ2) is 11.1. The highest BCUT2D eigenvalue weighted by Crippen LogP contribution is 2.15. The lowest BCUT2D eigenvalue weighted by Gasteiger charge is -2.12. The van der Waals surface area contributed by atoms with Gasteiger partial charge in [-0.15, -0.1) is 0 Å². The van der Waals surface area contributed by atoms with Crippen LogP contribution in [0.3, 0.4) is 0 Å². The fraction of sp³-hybridized carbons (Fsp3) is 0.0800. The Kier molecular flexibility index (Phi) is 7.94. The molecule has 0 unspecified atom stereocenters. The maximum Gasteiger partial charge on any atom is 0.287 e. The largest absolute Gasteiger partial charge is 0.378 e. The summed E-state index contributed by atoms with van der Waals surface area (Å²) in [6, 6.07) is 23.8. The van der Waals surface area contributed by atoms with Crippen LogP contribution in [0, 0.1) is 0 Å². The molecule has 32 heavy (non-hydrogen) atoms. The molecule has 162 valence electrons. The molecule has 2 N–H and O–H groups in total. The predicted molar refractivity (Wildman–Crippen MR) is 133 cm³/mol. The van der Waals surface area contributed by atoms with Gasteiger partial charge >= 0.3 is 0 Å². The molecule has 0 saturated carbocycles. The molecule has 0 atom stereocenters. The summed E-state index contributed by atoms with van der Waals surface area (Å²) in [5, 5.41) is 6.71. The van der Waals surface area contributed by atoms with E-state index in [1.165, 1.54) is 6.21 Å². The first-order valence-corrected chi connectivity index (χ1v) is 10.7. The topological polar surface area (TPSA) is 73.8 Å². The molecule has 0 aliphatic heterocycles. The SMILES string of the molecule is CN(C)c1ccc(/C=C(\NC(=O)c2ccccc2)C(=O)N/N=C\c2cccc(Br)c2)cc1. The van der Waals surface area contributed by atoms with E-state index >= 15 is 0 Å². The molecular formula is C25H23BrN4O2. The molecule has 0 aliphatic carbocycles. The summed E-state index contributed by atoms with van der Waals surface area (Å²) in [7, 11) is 3.90. The van der Waals surface area contributed by atoms with E-state index in [9.17, 15) is 9.59 Å². The van der Waals surface area contributed by atoms with E-state index in [0.29, 0.717) is 5.56 Å². The van der Waals surface area contributed by atoms with Gasteiger partial charge in [-0.05, 0) is 53.6 Å². The number of hydrogen-bond donors (Lipinski definition) is 2. The van der Waals surface area contributed by atoms with Gasteiger partial charge in [0.25, 0.3) is 11.8 Å². The van der Waals surface area contributed by atoms with Crippen LogP contribution in [0.25, 0.3) is 6.08 Å². The highest BCUT2D eigenvalue weighted by atomic mass is 79.9. The molecule has 0 fully saturated rings. The van der Waals surface area contributed by atoms with Crippen LogP contribution < -0.4 is 15.6 Å². The Morgan fingerprint density at radius 1 is 0.906 bits per heavy atom. The first-order valence-electron chi connectivity index (χ1n) is 9.87. The number of rotatable bonds is 7. The molecule has 0 saturated heterocycles. The number of anilines is 1. The fourth-order valence-corrected chi connectivity index (χ4v) is 3.21. The van der Waals surface area contributed by atoms with Crippen LogP contribution in [-0.2, 0) is 4.79 Å². The molecular weight excluding hydrogens is 468 g/mol. The van der Waals surface area contributed by atoms with Crippen molar-refractivity contribution in [1.29, 1.82) is 0 Å². The van der Waals surface area contributed by atoms with Crippen molar-refractivity contribution in [2.45, 2.75) is 0 Å². The van der Waals surface area contributed by atoms with Crippen LogP contribution >= 0.6 is 15.9 Å². The Morgan fingerprint density at radius 3 is 2.28 bits per heavy atom. The zero-order valence-corrected chi connectivity index (χ0v) is 19.3. The third-order valence-electron chi connectivity index (χ3n) is 4.48. The van der Waals surface area contributed by atoms with Gasteiger partial charge in [0, 0.05) is 29.8 Å². The molecule has 2 amide bonds. The van der Waals surface area contributed by atoms with Gasteiger partial charge < -0.3 is 10.2 Å². The van der Waals surface area contributed by atoms with Crippen molar-refractivity contribution < 1.29 is 9.59 Å². The van der Waals surface area contributed by atoms with Crippen molar-refractivity contribution in [3.05, 3.63) is 106 Å². The summed E-state index contributed by atoms with van der Waals surface area (Å²) in [6.45, 7) is 0. The van der Waals surface area contributed by atoms with Crippen molar-refractivity contribution in [3.63, 3.8) is 0 Å². The molecule has 7 heteroatoms. The minimum absolute atomic E-state index is 0.0860. The first kappa shape index (κ1) is 23.0. The highest BCUT2D eigenvalue weighted by molar-refractivity contribution is 9.10. The molecule has 0 bridgehead atoms. The van der Waals surface area contributed by atoms with Gasteiger partial charge in [0.05, 0.1) is 6.21 Å². The standard InChI is InChI=1S/C25H23BrN4O2/c1-30(2)22-13-11-18(12-14-22)16-23(28-24(31)20-8-4-3-5-9-20)25(32)29-27-17-19-7-6-10-21(26)15-19/h3-17H,1-2H3,(H,28,31)(H,29,32)/b23-16-,27-17-. The van der Waals surface area contributed by atoms with E-state index in [-0.39, 0.29) is 11.6 Å². The predicted octanol–water partition coefficient (Wildman–Crippen LogP) is 4.44. The number of halogens is 1. The molecule has 0 aliphatic rings. The van der Waals surface area contributed by atoms with E-state index in [2.05, 4.69) is 31.8 Å². The maximum absolute atomic E-state index is 12.8. The van der Waals surface area contributed by atoms with Crippen molar-refractivity contribution in [2.75, 3.05) is 19.0 Å². The number of benzene rings is 3. The van der Waals surface area contributed by atoms with Crippen molar-refractivity contribution in [2.24, 2.45) is 5.10 Å². The average Bonchev–Trinajstić information content (AvgIpc) is 2.79. The van der Waals surface area contributed by atoms with E-state index in [1.54, 1.807) is 30.3 Å². The van der Waals surface area contributed by atoms with Crippen molar-refractivity contribution in [1.82, 2.24) is 10.7 Å². The number of carbonyl (C=O) groups is 2. The Hall–Kier alpha value is -3.71. The fourth-order valence-electron chi connectivity index (χ4n) is 2.79. The lowest BCUT2D eigenvalue weighted by Crippen LogP contribution is -2.32. The van der Waals surface area contributed by atoms with E-state index in [0.717, 1.165) is 21.3 Å². The normalized spacial score (nSPS) is 11.3. The second-order valence-electron chi connectivity index (χ2n) is 7.12. The maximum atomic E-state index is 12.8. The lowest BCUT2D eigenvalue weighted by atomic mass is 10.1. The monoisotopic (exact) mass is 490 g/mol. The number of hydrazone groups is 1. The van der Waals surface area contributed by atoms with Crippen molar-refractivity contribution in [3.8, 4) is 0 Å². The Labute approximate surface area is 195 Å². The van der Waals surface area contributed by atoms with Gasteiger partial charge in [0.2, 0.25) is 0 Å². The van der Waals surface area contributed by atoms with Gasteiger partial charge in [-0.3, -0.25) is 9.59 Å². The van der Waals surface area contributed by atoms with E-state index in [1.807, 2.05) is 73.6 Å². The number of carbonyl (C=O) groups excluding carboxylic acids is 2. The Bertz CT molecular complexity index is 1140. The average molecular weight is 491 g/mol. The summed E-state index contributed by atoms with van der Waals surface area (Å²) < 4.78 is 0.907. The van der Waals surface area contributed by atoms with Gasteiger partial charge in [0.15, 0.2) is 0 Å². The summed E-state index contributed by atoms with van der Waals surface area (Å²) in [5.41, 5.74) is 5.63. The molecule has 0 heterocycles. The van der Waals surface area contributed by atoms with Gasteiger partial charge in [-0.25, -0.2) is 5.43 Å². The first-order chi connectivity index (χ1) is 15.4. The Morgan fingerprint density at radius 2 is 1.62 bits per heavy atom.